The Bertz CT molecular complexity index is 866. The first-order chi connectivity index (χ1) is 12.9. The molecule has 0 spiro atoms. The molecule has 150 valence electrons. The quantitative estimate of drug-likeness (QED) is 0.679. The minimum atomic E-state index is -0.561. The standard InChI is InChI=1S/C24H31NO3/c1-14-19(22(27)28-7)20(15-8-10-16(11-9-15)23(2,3)4)21-17(25-14)12-24(5,6)13-18(21)26/h8-11,19-20H,12-13H2,1-7H3/t19?,20-/m0/s1. The van der Waals surface area contributed by atoms with Gasteiger partial charge in [-0.1, -0.05) is 58.9 Å². The maximum atomic E-state index is 13.1. The van der Waals surface area contributed by atoms with Crippen molar-refractivity contribution in [2.45, 2.75) is 65.7 Å². The second-order valence-electron chi connectivity index (χ2n) is 9.91. The molecule has 4 nitrogen and oxygen atoms in total. The van der Waals surface area contributed by atoms with Crippen molar-refractivity contribution in [2.24, 2.45) is 16.3 Å². The molecule has 3 rings (SSSR count). The number of hydrogen-bond donors (Lipinski definition) is 0. The summed E-state index contributed by atoms with van der Waals surface area (Å²) in [6, 6.07) is 8.30. The van der Waals surface area contributed by atoms with E-state index in [0.717, 1.165) is 23.4 Å². The van der Waals surface area contributed by atoms with Crippen molar-refractivity contribution in [3.8, 4) is 0 Å². The number of allylic oxidation sites excluding steroid dienone is 2. The van der Waals surface area contributed by atoms with Crippen LogP contribution in [-0.4, -0.2) is 24.6 Å². The van der Waals surface area contributed by atoms with E-state index >= 15 is 0 Å². The van der Waals surface area contributed by atoms with Crippen LogP contribution in [0.2, 0.25) is 0 Å². The van der Waals surface area contributed by atoms with Crippen molar-refractivity contribution in [2.75, 3.05) is 7.11 Å². The number of benzene rings is 1. The predicted molar refractivity (Wildman–Crippen MR) is 112 cm³/mol. The third kappa shape index (κ3) is 3.69. The average molecular weight is 382 g/mol. The summed E-state index contributed by atoms with van der Waals surface area (Å²) in [7, 11) is 1.39. The number of ether oxygens (including phenoxy) is 1. The molecule has 4 heteroatoms. The minimum absolute atomic E-state index is 0.0410. The van der Waals surface area contributed by atoms with E-state index in [1.54, 1.807) is 0 Å². The van der Waals surface area contributed by atoms with Crippen molar-refractivity contribution in [1.82, 2.24) is 0 Å². The lowest BCUT2D eigenvalue weighted by Gasteiger charge is -2.39. The van der Waals surface area contributed by atoms with Gasteiger partial charge >= 0.3 is 5.97 Å². The summed E-state index contributed by atoms with van der Waals surface area (Å²) in [5.74, 6) is -1.14. The molecule has 0 aromatic heterocycles. The van der Waals surface area contributed by atoms with Gasteiger partial charge in [0.2, 0.25) is 0 Å². The fraction of sp³-hybridized carbons (Fsp3) is 0.542. The van der Waals surface area contributed by atoms with Gasteiger partial charge in [-0.05, 0) is 35.3 Å². The van der Waals surface area contributed by atoms with Gasteiger partial charge in [0.1, 0.15) is 5.92 Å². The van der Waals surface area contributed by atoms with Crippen LogP contribution in [-0.2, 0) is 19.7 Å². The van der Waals surface area contributed by atoms with E-state index in [1.807, 2.05) is 6.92 Å². The van der Waals surface area contributed by atoms with Crippen LogP contribution in [0.5, 0.6) is 0 Å². The Labute approximate surface area is 168 Å². The number of methoxy groups -OCH3 is 1. The van der Waals surface area contributed by atoms with Gasteiger partial charge in [0.15, 0.2) is 5.78 Å². The SMILES string of the molecule is COC(=O)C1C(C)=NC2=C(C(=O)CC(C)(C)C2)[C@H]1c1ccc(C(C)(C)C)cc1. The van der Waals surface area contributed by atoms with Crippen molar-refractivity contribution in [3.05, 3.63) is 46.7 Å². The first kappa shape index (κ1) is 20.5. The average Bonchev–Trinajstić information content (AvgIpc) is 2.58. The number of nitrogens with zero attached hydrogens (tertiary/aromatic N) is 1. The summed E-state index contributed by atoms with van der Waals surface area (Å²) in [5, 5.41) is 0. The maximum absolute atomic E-state index is 13.1. The molecule has 0 N–H and O–H groups in total. The van der Waals surface area contributed by atoms with Gasteiger partial charge in [0.25, 0.3) is 0 Å². The third-order valence-corrected chi connectivity index (χ3v) is 5.89. The van der Waals surface area contributed by atoms with E-state index in [4.69, 9.17) is 9.73 Å². The Hall–Kier alpha value is -2.23. The summed E-state index contributed by atoms with van der Waals surface area (Å²) in [4.78, 5) is 30.5. The molecule has 0 radical (unpaired) electrons. The van der Waals surface area contributed by atoms with Gasteiger partial charge in [0.05, 0.1) is 7.11 Å². The fourth-order valence-electron chi connectivity index (χ4n) is 4.43. The second kappa shape index (κ2) is 6.98. The highest BCUT2D eigenvalue weighted by Gasteiger charge is 2.45. The van der Waals surface area contributed by atoms with Crippen LogP contribution >= 0.6 is 0 Å². The van der Waals surface area contributed by atoms with Gasteiger partial charge in [-0.2, -0.15) is 0 Å². The van der Waals surface area contributed by atoms with E-state index in [0.29, 0.717) is 12.0 Å². The van der Waals surface area contributed by atoms with E-state index in [9.17, 15) is 9.59 Å². The highest BCUT2D eigenvalue weighted by atomic mass is 16.5. The number of esters is 1. The summed E-state index contributed by atoms with van der Waals surface area (Å²) < 4.78 is 5.09. The first-order valence-electron chi connectivity index (χ1n) is 9.94. The Morgan fingerprint density at radius 1 is 1.14 bits per heavy atom. The summed E-state index contributed by atoms with van der Waals surface area (Å²) in [6.07, 6.45) is 1.22. The van der Waals surface area contributed by atoms with Crippen LogP contribution in [0.25, 0.3) is 0 Å². The highest BCUT2D eigenvalue weighted by Crippen LogP contribution is 2.48. The van der Waals surface area contributed by atoms with Crippen LogP contribution in [0, 0.1) is 11.3 Å². The molecular formula is C24H31NO3. The second-order valence-corrected chi connectivity index (χ2v) is 9.91. The van der Waals surface area contributed by atoms with Crippen molar-refractivity contribution in [3.63, 3.8) is 0 Å². The van der Waals surface area contributed by atoms with Crippen molar-refractivity contribution >= 4 is 17.5 Å². The number of rotatable bonds is 2. The largest absolute Gasteiger partial charge is 0.468 e. The lowest BCUT2D eigenvalue weighted by Crippen LogP contribution is -2.39. The number of aliphatic imine (C=N–C) groups is 1. The van der Waals surface area contributed by atoms with Crippen LogP contribution in [0.3, 0.4) is 0 Å². The maximum Gasteiger partial charge on any atom is 0.315 e. The van der Waals surface area contributed by atoms with E-state index in [2.05, 4.69) is 58.9 Å². The molecule has 2 aliphatic rings. The van der Waals surface area contributed by atoms with Crippen LogP contribution in [0.1, 0.15) is 71.4 Å². The molecule has 1 aliphatic heterocycles. The van der Waals surface area contributed by atoms with Crippen LogP contribution in [0.4, 0.5) is 0 Å². The summed E-state index contributed by atoms with van der Waals surface area (Å²) in [6.45, 7) is 12.6. The lowest BCUT2D eigenvalue weighted by molar-refractivity contribution is -0.143. The molecule has 0 saturated heterocycles. The molecule has 0 saturated carbocycles. The van der Waals surface area contributed by atoms with Gasteiger partial charge < -0.3 is 4.74 Å². The zero-order valence-electron chi connectivity index (χ0n) is 18.1. The molecule has 1 aromatic rings. The van der Waals surface area contributed by atoms with Gasteiger partial charge in [-0.25, -0.2) is 0 Å². The molecule has 28 heavy (non-hydrogen) atoms. The Morgan fingerprint density at radius 2 is 1.75 bits per heavy atom. The number of hydrogen-bond acceptors (Lipinski definition) is 4. The normalized spacial score (nSPS) is 24.5. The fourth-order valence-corrected chi connectivity index (χ4v) is 4.43. The minimum Gasteiger partial charge on any atom is -0.468 e. The number of carbonyl (C=O) groups excluding carboxylic acids is 2. The Kier molecular flexibility index (Phi) is 5.11. The Morgan fingerprint density at radius 3 is 2.29 bits per heavy atom. The van der Waals surface area contributed by atoms with Crippen LogP contribution in [0.15, 0.2) is 40.5 Å². The van der Waals surface area contributed by atoms with Gasteiger partial charge in [-0.15, -0.1) is 0 Å². The number of Topliss-reactive ketones (excluding diaryl/α,β-unsaturated/α-hetero) is 1. The molecule has 1 aliphatic carbocycles. The molecule has 1 heterocycles. The van der Waals surface area contributed by atoms with E-state index < -0.39 is 5.92 Å². The number of ketones is 1. The first-order valence-corrected chi connectivity index (χ1v) is 9.94. The molecule has 1 unspecified atom stereocenters. The molecule has 0 bridgehead atoms. The van der Waals surface area contributed by atoms with Crippen LogP contribution < -0.4 is 0 Å². The molecule has 0 fully saturated rings. The smallest absolute Gasteiger partial charge is 0.315 e. The molecule has 2 atom stereocenters. The van der Waals surface area contributed by atoms with Crippen molar-refractivity contribution < 1.29 is 14.3 Å². The molecule has 0 amide bonds. The van der Waals surface area contributed by atoms with E-state index in [1.165, 1.54) is 12.7 Å². The zero-order chi connectivity index (χ0) is 20.9. The Balaban J connectivity index is 2.15. The van der Waals surface area contributed by atoms with Crippen molar-refractivity contribution in [1.29, 1.82) is 0 Å². The van der Waals surface area contributed by atoms with E-state index in [-0.39, 0.29) is 28.5 Å². The zero-order valence-corrected chi connectivity index (χ0v) is 18.1. The van der Waals surface area contributed by atoms with Gasteiger partial charge in [0, 0.05) is 29.3 Å². The number of carbonyl (C=O) groups is 2. The summed E-state index contributed by atoms with van der Waals surface area (Å²) >= 11 is 0. The lowest BCUT2D eigenvalue weighted by atomic mass is 9.66. The molecule has 1 aromatic carbocycles. The predicted octanol–water partition coefficient (Wildman–Crippen LogP) is 4.97. The monoisotopic (exact) mass is 381 g/mol. The topological polar surface area (TPSA) is 55.7 Å². The summed E-state index contributed by atoms with van der Waals surface area (Å²) in [5.41, 5.74) is 4.38. The highest BCUT2D eigenvalue weighted by molar-refractivity contribution is 6.09. The molecular weight excluding hydrogens is 350 g/mol. The third-order valence-electron chi connectivity index (χ3n) is 5.89. The van der Waals surface area contributed by atoms with Gasteiger partial charge in [-0.3, -0.25) is 14.6 Å².